The van der Waals surface area contributed by atoms with Gasteiger partial charge in [0.2, 0.25) is 0 Å². The van der Waals surface area contributed by atoms with Crippen LogP contribution in [0.3, 0.4) is 0 Å². The number of sulfonamides is 1. The number of methoxy groups -OCH3 is 1. The third-order valence-electron chi connectivity index (χ3n) is 5.65. The summed E-state index contributed by atoms with van der Waals surface area (Å²) in [6, 6.07) is 12.9. The van der Waals surface area contributed by atoms with Crippen LogP contribution in [0.15, 0.2) is 51.8 Å². The van der Waals surface area contributed by atoms with Crippen molar-refractivity contribution in [1.29, 1.82) is 0 Å². The molecule has 0 radical (unpaired) electrons. The summed E-state index contributed by atoms with van der Waals surface area (Å²) >= 11 is 3.42. The second kappa shape index (κ2) is 10.6. The van der Waals surface area contributed by atoms with Gasteiger partial charge in [-0.15, -0.1) is 0 Å². The molecular formula is C23H29BrN2O4S. The largest absolute Gasteiger partial charge is 0.469 e. The molecule has 8 heteroatoms. The summed E-state index contributed by atoms with van der Waals surface area (Å²) in [5.41, 5.74) is 2.40. The van der Waals surface area contributed by atoms with E-state index in [9.17, 15) is 13.2 Å². The molecule has 168 valence electrons. The second-order valence-electron chi connectivity index (χ2n) is 7.69. The third-order valence-corrected chi connectivity index (χ3v) is 7.97. The highest BCUT2D eigenvalue weighted by atomic mass is 79.9. The lowest BCUT2D eigenvalue weighted by molar-refractivity contribution is -0.140. The Balaban J connectivity index is 1.72. The Bertz CT molecular complexity index is 1030. The van der Waals surface area contributed by atoms with Gasteiger partial charge in [-0.1, -0.05) is 59.5 Å². The van der Waals surface area contributed by atoms with Crippen molar-refractivity contribution in [1.82, 2.24) is 5.32 Å². The van der Waals surface area contributed by atoms with Crippen LogP contribution >= 0.6 is 15.9 Å². The molecule has 1 aliphatic rings. The number of benzene rings is 2. The second-order valence-corrected chi connectivity index (χ2v) is 10.5. The number of nitrogens with one attached hydrogen (secondary N) is 1. The monoisotopic (exact) mass is 508 g/mol. The Hall–Kier alpha value is -1.90. The van der Waals surface area contributed by atoms with Gasteiger partial charge >= 0.3 is 5.97 Å². The highest BCUT2D eigenvalue weighted by Crippen LogP contribution is 2.40. The van der Waals surface area contributed by atoms with Gasteiger partial charge in [-0.25, -0.2) is 8.42 Å². The van der Waals surface area contributed by atoms with Gasteiger partial charge in [-0.3, -0.25) is 9.10 Å². The van der Waals surface area contributed by atoms with Gasteiger partial charge in [-0.05, 0) is 48.7 Å². The van der Waals surface area contributed by atoms with Crippen molar-refractivity contribution in [3.05, 3.63) is 58.1 Å². The first-order valence-corrected chi connectivity index (χ1v) is 12.8. The number of unbranched alkanes of at least 4 members (excludes halogenated alkanes) is 4. The molecule has 6 nitrogen and oxygen atoms in total. The Morgan fingerprint density at radius 2 is 1.77 bits per heavy atom. The Labute approximate surface area is 193 Å². The predicted molar refractivity (Wildman–Crippen MR) is 126 cm³/mol. The number of esters is 1. The maximum atomic E-state index is 13.3. The number of carbonyl (C=O) groups excluding carboxylic acids is 1. The van der Waals surface area contributed by atoms with Crippen molar-refractivity contribution in [3.8, 4) is 0 Å². The van der Waals surface area contributed by atoms with Crippen LogP contribution in [0, 0.1) is 0 Å². The van der Waals surface area contributed by atoms with Gasteiger partial charge in [0, 0.05) is 17.9 Å². The molecule has 0 amide bonds. The molecule has 1 unspecified atom stereocenters. The topological polar surface area (TPSA) is 75.7 Å². The van der Waals surface area contributed by atoms with Gasteiger partial charge in [0.05, 0.1) is 23.7 Å². The number of halogens is 1. The zero-order valence-electron chi connectivity index (χ0n) is 17.9. The van der Waals surface area contributed by atoms with E-state index < -0.39 is 10.0 Å². The number of hydrogen-bond donors (Lipinski definition) is 1. The minimum Gasteiger partial charge on any atom is -0.469 e. The lowest BCUT2D eigenvalue weighted by Crippen LogP contribution is -2.26. The number of hydrogen-bond acceptors (Lipinski definition) is 5. The summed E-state index contributed by atoms with van der Waals surface area (Å²) in [7, 11) is -0.632. The zero-order valence-corrected chi connectivity index (χ0v) is 20.3. The molecule has 0 aromatic heterocycles. The number of anilines is 1. The normalized spacial score (nSPS) is 16.9. The van der Waals surface area contributed by atoms with Crippen LogP contribution in [-0.2, 0) is 19.6 Å². The first-order chi connectivity index (χ1) is 14.9. The van der Waals surface area contributed by atoms with Crippen molar-refractivity contribution in [2.45, 2.75) is 49.5 Å². The van der Waals surface area contributed by atoms with E-state index in [1.165, 1.54) is 11.4 Å². The molecule has 0 saturated heterocycles. The third kappa shape index (κ3) is 5.48. The lowest BCUT2D eigenvalue weighted by atomic mass is 9.96. The first-order valence-electron chi connectivity index (χ1n) is 10.5. The van der Waals surface area contributed by atoms with E-state index in [2.05, 4.69) is 26.0 Å². The van der Waals surface area contributed by atoms with E-state index in [1.807, 2.05) is 36.4 Å². The van der Waals surface area contributed by atoms with Crippen LogP contribution in [0.2, 0.25) is 0 Å². The quantitative estimate of drug-likeness (QED) is 0.389. The fourth-order valence-corrected chi connectivity index (χ4v) is 5.92. The smallest absolute Gasteiger partial charge is 0.305 e. The standard InChI is InChI=1S/C23H29BrN2O4S/c1-26-20-11-8-7-10-18(20)23(19-14-13-17(24)16-21(19)31(26,28)29)25-15-9-5-3-4-6-12-22(27)30-2/h7-8,10-11,13-14,16,23,25H,3-6,9,12,15H2,1-2H3. The highest BCUT2D eigenvalue weighted by molar-refractivity contribution is 9.10. The van der Waals surface area contributed by atoms with Crippen molar-refractivity contribution in [2.24, 2.45) is 0 Å². The molecule has 0 spiro atoms. The van der Waals surface area contributed by atoms with Crippen molar-refractivity contribution >= 4 is 37.6 Å². The molecule has 1 atom stereocenters. The summed E-state index contributed by atoms with van der Waals surface area (Å²) in [4.78, 5) is 11.5. The number of carbonyl (C=O) groups is 1. The van der Waals surface area contributed by atoms with Gasteiger partial charge in [0.25, 0.3) is 10.0 Å². The minimum atomic E-state index is -3.66. The van der Waals surface area contributed by atoms with Crippen LogP contribution in [0.25, 0.3) is 0 Å². The fraction of sp³-hybridized carbons (Fsp3) is 0.435. The summed E-state index contributed by atoms with van der Waals surface area (Å²) in [6.45, 7) is 0.773. The molecule has 3 rings (SSSR count). The molecule has 31 heavy (non-hydrogen) atoms. The van der Waals surface area contributed by atoms with Crippen molar-refractivity contribution in [3.63, 3.8) is 0 Å². The molecule has 0 saturated carbocycles. The van der Waals surface area contributed by atoms with E-state index >= 15 is 0 Å². The van der Waals surface area contributed by atoms with Gasteiger partial charge in [0.1, 0.15) is 0 Å². The van der Waals surface area contributed by atoms with Crippen LogP contribution in [0.4, 0.5) is 5.69 Å². The summed E-state index contributed by atoms with van der Waals surface area (Å²) in [6.07, 6.45) is 5.41. The average Bonchev–Trinajstić information content (AvgIpc) is 2.83. The van der Waals surface area contributed by atoms with Crippen LogP contribution in [-0.4, -0.2) is 35.1 Å². The fourth-order valence-electron chi connectivity index (χ4n) is 3.93. The number of rotatable bonds is 9. The highest BCUT2D eigenvalue weighted by Gasteiger charge is 2.34. The van der Waals surface area contributed by atoms with E-state index in [-0.39, 0.29) is 12.0 Å². The zero-order chi connectivity index (χ0) is 22.4. The predicted octanol–water partition coefficient (Wildman–Crippen LogP) is 4.78. The summed E-state index contributed by atoms with van der Waals surface area (Å²) in [5.74, 6) is -0.154. The SMILES string of the molecule is COC(=O)CCCCCCCNC1c2ccccc2N(C)S(=O)(=O)c2cc(Br)ccc21. The molecule has 0 fully saturated rings. The van der Waals surface area contributed by atoms with Crippen molar-refractivity contribution in [2.75, 3.05) is 25.0 Å². The maximum Gasteiger partial charge on any atom is 0.305 e. The minimum absolute atomic E-state index is 0.154. The number of nitrogens with zero attached hydrogens (tertiary/aromatic N) is 1. The van der Waals surface area contributed by atoms with Crippen LogP contribution in [0.1, 0.15) is 55.7 Å². The van der Waals surface area contributed by atoms with Gasteiger partial charge in [0.15, 0.2) is 0 Å². The molecule has 1 heterocycles. The number of fused-ring (bicyclic) bond motifs is 2. The Kier molecular flexibility index (Phi) is 8.13. The number of para-hydroxylation sites is 1. The van der Waals surface area contributed by atoms with Crippen molar-refractivity contribution < 1.29 is 17.9 Å². The van der Waals surface area contributed by atoms with Crippen LogP contribution < -0.4 is 9.62 Å². The molecule has 2 aromatic carbocycles. The van der Waals surface area contributed by atoms with Crippen LogP contribution in [0.5, 0.6) is 0 Å². The van der Waals surface area contributed by atoms with E-state index in [0.29, 0.717) is 17.0 Å². The molecule has 1 aliphatic heterocycles. The van der Waals surface area contributed by atoms with Gasteiger partial charge in [-0.2, -0.15) is 0 Å². The van der Waals surface area contributed by atoms with Gasteiger partial charge < -0.3 is 10.1 Å². The summed E-state index contributed by atoms with van der Waals surface area (Å²) < 4.78 is 33.3. The lowest BCUT2D eigenvalue weighted by Gasteiger charge is -2.22. The molecule has 2 aromatic rings. The van der Waals surface area contributed by atoms with E-state index in [1.54, 1.807) is 13.1 Å². The Morgan fingerprint density at radius 3 is 2.55 bits per heavy atom. The van der Waals surface area contributed by atoms with E-state index in [0.717, 1.165) is 54.2 Å². The summed E-state index contributed by atoms with van der Waals surface area (Å²) in [5, 5.41) is 3.59. The number of ether oxygens (including phenoxy) is 1. The molecule has 1 N–H and O–H groups in total. The Morgan fingerprint density at radius 1 is 1.06 bits per heavy atom. The molecule has 0 bridgehead atoms. The van der Waals surface area contributed by atoms with E-state index in [4.69, 9.17) is 0 Å². The first kappa shape index (κ1) is 23.8. The maximum absolute atomic E-state index is 13.3. The molecular weight excluding hydrogens is 480 g/mol. The molecule has 0 aliphatic carbocycles. The average molecular weight is 509 g/mol.